The topological polar surface area (TPSA) is 73.2 Å². The third-order valence-corrected chi connectivity index (χ3v) is 4.56. The highest BCUT2D eigenvalue weighted by atomic mass is 79.9. The first-order valence-corrected chi connectivity index (χ1v) is 7.97. The Morgan fingerprint density at radius 2 is 2.19 bits per heavy atom. The Bertz CT molecular complexity index is 553. The van der Waals surface area contributed by atoms with Crippen LogP contribution >= 0.6 is 15.9 Å². The van der Waals surface area contributed by atoms with Crippen molar-refractivity contribution in [2.45, 2.75) is 38.6 Å². The van der Waals surface area contributed by atoms with E-state index in [1.807, 2.05) is 0 Å². The van der Waals surface area contributed by atoms with Crippen LogP contribution in [0.15, 0.2) is 15.5 Å². The maximum Gasteiger partial charge on any atom is 0.327 e. The van der Waals surface area contributed by atoms with Gasteiger partial charge in [0, 0.05) is 6.54 Å². The molecular weight excluding hydrogens is 338 g/mol. The summed E-state index contributed by atoms with van der Waals surface area (Å²) in [7, 11) is 1.28. The third kappa shape index (κ3) is 4.30. The molecular formula is C14H20BrN3O3. The van der Waals surface area contributed by atoms with Crippen molar-refractivity contribution < 1.29 is 9.53 Å². The molecule has 0 amide bonds. The highest BCUT2D eigenvalue weighted by molar-refractivity contribution is 9.10. The van der Waals surface area contributed by atoms with Crippen molar-refractivity contribution in [2.24, 2.45) is 5.92 Å². The van der Waals surface area contributed by atoms with E-state index in [1.165, 1.54) is 39.2 Å². The molecule has 1 aliphatic rings. The van der Waals surface area contributed by atoms with Crippen molar-refractivity contribution in [3.63, 3.8) is 0 Å². The van der Waals surface area contributed by atoms with Crippen LogP contribution in [0.25, 0.3) is 0 Å². The van der Waals surface area contributed by atoms with E-state index >= 15 is 0 Å². The molecule has 1 heterocycles. The van der Waals surface area contributed by atoms with Crippen LogP contribution in [0, 0.1) is 5.92 Å². The number of ether oxygens (including phenoxy) is 1. The maximum atomic E-state index is 12.1. The fraction of sp³-hybridized carbons (Fsp3) is 0.643. The number of hydrogen-bond donors (Lipinski definition) is 1. The number of nitrogens with one attached hydrogen (secondary N) is 1. The molecule has 0 unspecified atom stereocenters. The Labute approximate surface area is 132 Å². The van der Waals surface area contributed by atoms with Crippen molar-refractivity contribution in [3.8, 4) is 0 Å². The van der Waals surface area contributed by atoms with Gasteiger partial charge in [-0.25, -0.2) is 4.68 Å². The molecule has 7 heteroatoms. The van der Waals surface area contributed by atoms with Crippen LogP contribution in [0.2, 0.25) is 0 Å². The standard InChI is InChI=1S/C14H20BrN3O3/c1-21-12(19)9-18-14(20)13(15)11(8-17-18)16-7-10-5-3-2-4-6-10/h8,10,16H,2-7,9H2,1H3. The Balaban J connectivity index is 2.02. The molecule has 6 nitrogen and oxygen atoms in total. The van der Waals surface area contributed by atoms with Gasteiger partial charge in [-0.15, -0.1) is 0 Å². The minimum absolute atomic E-state index is 0.184. The molecule has 1 saturated carbocycles. The van der Waals surface area contributed by atoms with Crippen LogP contribution in [0.5, 0.6) is 0 Å². The van der Waals surface area contributed by atoms with Crippen LogP contribution in [0.3, 0.4) is 0 Å². The number of carbonyl (C=O) groups is 1. The van der Waals surface area contributed by atoms with E-state index in [0.29, 0.717) is 16.1 Å². The summed E-state index contributed by atoms with van der Waals surface area (Å²) in [5.41, 5.74) is 0.334. The number of carbonyl (C=O) groups excluding carboxylic acids is 1. The molecule has 1 aromatic rings. The van der Waals surface area contributed by atoms with Crippen molar-refractivity contribution in [3.05, 3.63) is 21.0 Å². The van der Waals surface area contributed by atoms with Gasteiger partial charge in [-0.05, 0) is 34.7 Å². The van der Waals surface area contributed by atoms with Gasteiger partial charge in [0.25, 0.3) is 5.56 Å². The lowest BCUT2D eigenvalue weighted by Crippen LogP contribution is -2.29. The number of nitrogens with zero attached hydrogens (tertiary/aromatic N) is 2. The average Bonchev–Trinajstić information content (AvgIpc) is 2.52. The molecule has 116 valence electrons. The van der Waals surface area contributed by atoms with Crippen molar-refractivity contribution in [1.29, 1.82) is 0 Å². The number of anilines is 1. The summed E-state index contributed by atoms with van der Waals surface area (Å²) in [5, 5.41) is 7.28. The molecule has 1 aromatic heterocycles. The second-order valence-corrected chi connectivity index (χ2v) is 6.09. The normalized spacial score (nSPS) is 15.7. The van der Waals surface area contributed by atoms with Crippen LogP contribution < -0.4 is 10.9 Å². The van der Waals surface area contributed by atoms with Gasteiger partial charge in [0.1, 0.15) is 11.0 Å². The Kier molecular flexibility index (Phi) is 5.78. The number of hydrogen-bond acceptors (Lipinski definition) is 5. The first-order valence-electron chi connectivity index (χ1n) is 7.18. The largest absolute Gasteiger partial charge is 0.468 e. The maximum absolute atomic E-state index is 12.1. The second-order valence-electron chi connectivity index (χ2n) is 5.30. The van der Waals surface area contributed by atoms with E-state index in [4.69, 9.17) is 0 Å². The Morgan fingerprint density at radius 1 is 1.48 bits per heavy atom. The summed E-state index contributed by atoms with van der Waals surface area (Å²) in [6.07, 6.45) is 7.93. The first-order chi connectivity index (χ1) is 10.1. The molecule has 21 heavy (non-hydrogen) atoms. The summed E-state index contributed by atoms with van der Waals surface area (Å²) in [5.74, 6) is 0.155. The monoisotopic (exact) mass is 357 g/mol. The zero-order valence-electron chi connectivity index (χ0n) is 12.1. The number of aromatic nitrogens is 2. The highest BCUT2D eigenvalue weighted by Crippen LogP contribution is 2.25. The van der Waals surface area contributed by atoms with Crippen LogP contribution in [0.4, 0.5) is 5.69 Å². The lowest BCUT2D eigenvalue weighted by atomic mass is 9.89. The van der Waals surface area contributed by atoms with Gasteiger partial charge in [0.15, 0.2) is 0 Å². The molecule has 2 rings (SSSR count). The third-order valence-electron chi connectivity index (χ3n) is 3.80. The smallest absolute Gasteiger partial charge is 0.327 e. The summed E-state index contributed by atoms with van der Waals surface area (Å²) < 4.78 is 6.02. The van der Waals surface area contributed by atoms with Crippen molar-refractivity contribution >= 4 is 27.6 Å². The van der Waals surface area contributed by atoms with E-state index in [9.17, 15) is 9.59 Å². The molecule has 0 atom stereocenters. The molecule has 0 saturated heterocycles. The fourth-order valence-corrected chi connectivity index (χ4v) is 2.98. The van der Waals surface area contributed by atoms with Crippen LogP contribution in [-0.4, -0.2) is 29.4 Å². The predicted octanol–water partition coefficient (Wildman–Crippen LogP) is 2.17. The van der Waals surface area contributed by atoms with Gasteiger partial charge < -0.3 is 10.1 Å². The minimum atomic E-state index is -0.501. The summed E-state index contributed by atoms with van der Waals surface area (Å²) in [6, 6.07) is 0. The van der Waals surface area contributed by atoms with Crippen LogP contribution in [0.1, 0.15) is 32.1 Å². The lowest BCUT2D eigenvalue weighted by molar-refractivity contribution is -0.141. The molecule has 0 spiro atoms. The first kappa shape index (κ1) is 16.0. The Hall–Kier alpha value is -1.37. The molecule has 0 aromatic carbocycles. The van der Waals surface area contributed by atoms with Gasteiger partial charge in [-0.1, -0.05) is 19.3 Å². The SMILES string of the molecule is COC(=O)Cn1ncc(NCC2CCCCC2)c(Br)c1=O. The molecule has 0 radical (unpaired) electrons. The minimum Gasteiger partial charge on any atom is -0.468 e. The van der Waals surface area contributed by atoms with Gasteiger partial charge in [0.2, 0.25) is 0 Å². The van der Waals surface area contributed by atoms with Crippen LogP contribution in [-0.2, 0) is 16.1 Å². The number of methoxy groups -OCH3 is 1. The van der Waals surface area contributed by atoms with E-state index in [-0.39, 0.29) is 12.1 Å². The summed E-state index contributed by atoms with van der Waals surface area (Å²) in [4.78, 5) is 23.3. The molecule has 1 aliphatic carbocycles. The van der Waals surface area contributed by atoms with Crippen molar-refractivity contribution in [2.75, 3.05) is 19.0 Å². The number of rotatable bonds is 5. The van der Waals surface area contributed by atoms with E-state index in [0.717, 1.165) is 11.2 Å². The number of halogens is 1. The quantitative estimate of drug-likeness (QED) is 0.817. The predicted molar refractivity (Wildman–Crippen MR) is 83.3 cm³/mol. The van der Waals surface area contributed by atoms with E-state index in [2.05, 4.69) is 31.1 Å². The van der Waals surface area contributed by atoms with Crippen molar-refractivity contribution in [1.82, 2.24) is 9.78 Å². The fourth-order valence-electron chi connectivity index (χ4n) is 2.53. The highest BCUT2D eigenvalue weighted by Gasteiger charge is 2.15. The molecule has 1 fully saturated rings. The van der Waals surface area contributed by atoms with E-state index < -0.39 is 5.97 Å². The second kappa shape index (κ2) is 7.59. The van der Waals surface area contributed by atoms with Gasteiger partial charge in [0.05, 0.1) is 19.0 Å². The average molecular weight is 358 g/mol. The molecule has 0 aliphatic heterocycles. The van der Waals surface area contributed by atoms with Gasteiger partial charge in [-0.2, -0.15) is 5.10 Å². The number of esters is 1. The zero-order valence-corrected chi connectivity index (χ0v) is 13.7. The van der Waals surface area contributed by atoms with Gasteiger partial charge >= 0.3 is 5.97 Å². The zero-order chi connectivity index (χ0) is 15.2. The lowest BCUT2D eigenvalue weighted by Gasteiger charge is -2.22. The molecule has 0 bridgehead atoms. The molecule has 1 N–H and O–H groups in total. The summed E-state index contributed by atoms with van der Waals surface area (Å²) >= 11 is 3.28. The van der Waals surface area contributed by atoms with Gasteiger partial charge in [-0.3, -0.25) is 9.59 Å². The Morgan fingerprint density at radius 3 is 2.86 bits per heavy atom. The summed E-state index contributed by atoms with van der Waals surface area (Å²) in [6.45, 7) is 0.664. The van der Waals surface area contributed by atoms with E-state index in [1.54, 1.807) is 6.20 Å².